The number of rotatable bonds is 2. The lowest BCUT2D eigenvalue weighted by Crippen LogP contribution is -2.45. The number of carbonyl (C=O) groups excluding carboxylic acids is 1. The molecule has 1 saturated heterocycles. The van der Waals surface area contributed by atoms with Gasteiger partial charge < -0.3 is 9.64 Å². The van der Waals surface area contributed by atoms with Crippen LogP contribution in [0.1, 0.15) is 45.6 Å². The van der Waals surface area contributed by atoms with Crippen molar-refractivity contribution in [2.45, 2.75) is 51.7 Å². The molecule has 1 aliphatic heterocycles. The van der Waals surface area contributed by atoms with Crippen LogP contribution < -0.4 is 0 Å². The van der Waals surface area contributed by atoms with Crippen molar-refractivity contribution in [3.8, 4) is 0 Å². The highest BCUT2D eigenvalue weighted by Crippen LogP contribution is 2.23. The molecule has 0 saturated carbocycles. The molecule has 1 heterocycles. The third-order valence-electron chi connectivity index (χ3n) is 4.46. The second-order valence-corrected chi connectivity index (χ2v) is 7.70. The minimum Gasteiger partial charge on any atom is -0.444 e. The monoisotopic (exact) mass is 337 g/mol. The molecule has 3 rings (SSSR count). The maximum absolute atomic E-state index is 12.5. The van der Waals surface area contributed by atoms with Gasteiger partial charge in [0.25, 0.3) is 0 Å². The number of benzene rings is 2. The molecule has 2 aromatic rings. The molecule has 1 atom stereocenters. The summed E-state index contributed by atoms with van der Waals surface area (Å²) >= 11 is 0. The molecule has 3 nitrogen and oxygen atoms in total. The van der Waals surface area contributed by atoms with Crippen LogP contribution in [0, 0.1) is 0 Å². The number of nitrogens with zero attached hydrogens (tertiary/aromatic N) is 1. The van der Waals surface area contributed by atoms with Gasteiger partial charge >= 0.3 is 6.09 Å². The highest BCUT2D eigenvalue weighted by Gasteiger charge is 2.28. The second kappa shape index (κ2) is 7.30. The molecule has 0 aromatic heterocycles. The minimum atomic E-state index is -0.457. The van der Waals surface area contributed by atoms with Crippen LogP contribution in [-0.2, 0) is 4.74 Å². The van der Waals surface area contributed by atoms with Gasteiger partial charge in [0.05, 0.1) is 6.04 Å². The van der Waals surface area contributed by atoms with E-state index in [9.17, 15) is 4.79 Å². The van der Waals surface area contributed by atoms with E-state index in [2.05, 4.69) is 54.6 Å². The fourth-order valence-corrected chi connectivity index (χ4v) is 3.24. The average molecular weight is 337 g/mol. The van der Waals surface area contributed by atoms with Crippen LogP contribution in [0.15, 0.2) is 48.5 Å². The minimum absolute atomic E-state index is 0.107. The predicted molar refractivity (Wildman–Crippen MR) is 104 cm³/mol. The summed E-state index contributed by atoms with van der Waals surface area (Å²) in [5.41, 5.74) is 0.703. The summed E-state index contributed by atoms with van der Waals surface area (Å²) in [7, 11) is 0. The summed E-state index contributed by atoms with van der Waals surface area (Å²) in [5, 5.41) is 2.48. The van der Waals surface area contributed by atoms with Gasteiger partial charge in [0, 0.05) is 6.54 Å². The largest absolute Gasteiger partial charge is 0.444 e. The third-order valence-corrected chi connectivity index (χ3v) is 4.46. The summed E-state index contributed by atoms with van der Waals surface area (Å²) in [6.45, 7) is 6.50. The maximum Gasteiger partial charge on any atom is 0.410 e. The van der Waals surface area contributed by atoms with Gasteiger partial charge in [-0.1, -0.05) is 48.6 Å². The molecule has 1 aliphatic rings. The van der Waals surface area contributed by atoms with Gasteiger partial charge in [-0.25, -0.2) is 4.79 Å². The summed E-state index contributed by atoms with van der Waals surface area (Å²) in [5.74, 6) is 0. The molecule has 3 heteroatoms. The average Bonchev–Trinajstić information content (AvgIpc) is 2.58. The normalized spacial score (nSPS) is 18.7. The number of fused-ring (bicyclic) bond motifs is 1. The molecular formula is C22H27NO2. The SMILES string of the molecule is CC(C)(C)OC(=O)N1CCCCC1C=Cc1ccc2ccccc2c1. The van der Waals surface area contributed by atoms with Crippen molar-refractivity contribution < 1.29 is 9.53 Å². The Hall–Kier alpha value is -2.29. The van der Waals surface area contributed by atoms with Gasteiger partial charge in [0.2, 0.25) is 0 Å². The van der Waals surface area contributed by atoms with Crippen LogP contribution in [0.25, 0.3) is 16.8 Å². The van der Waals surface area contributed by atoms with Crippen LogP contribution in [0.4, 0.5) is 4.79 Å². The molecule has 1 unspecified atom stereocenters. The Kier molecular flexibility index (Phi) is 5.12. The Balaban J connectivity index is 1.75. The number of ether oxygens (including phenoxy) is 1. The van der Waals surface area contributed by atoms with Gasteiger partial charge in [0.15, 0.2) is 0 Å². The highest BCUT2D eigenvalue weighted by atomic mass is 16.6. The summed E-state index contributed by atoms with van der Waals surface area (Å²) < 4.78 is 5.57. The molecule has 0 bridgehead atoms. The van der Waals surface area contributed by atoms with Crippen molar-refractivity contribution >= 4 is 22.9 Å². The van der Waals surface area contributed by atoms with Crippen molar-refractivity contribution in [2.75, 3.05) is 6.54 Å². The smallest absolute Gasteiger partial charge is 0.410 e. The highest BCUT2D eigenvalue weighted by molar-refractivity contribution is 5.84. The Morgan fingerprint density at radius 3 is 2.64 bits per heavy atom. The lowest BCUT2D eigenvalue weighted by Gasteiger charge is -2.35. The first-order valence-electron chi connectivity index (χ1n) is 9.09. The van der Waals surface area contributed by atoms with Gasteiger partial charge in [-0.3, -0.25) is 0 Å². The first kappa shape index (κ1) is 17.5. The van der Waals surface area contributed by atoms with Crippen LogP contribution >= 0.6 is 0 Å². The van der Waals surface area contributed by atoms with Crippen molar-refractivity contribution in [3.63, 3.8) is 0 Å². The first-order valence-corrected chi connectivity index (χ1v) is 9.09. The number of amides is 1. The number of carbonyl (C=O) groups is 1. The van der Waals surface area contributed by atoms with Crippen LogP contribution in [0.2, 0.25) is 0 Å². The zero-order valence-corrected chi connectivity index (χ0v) is 15.4. The van der Waals surface area contributed by atoms with E-state index in [1.54, 1.807) is 0 Å². The number of piperidine rings is 1. The summed E-state index contributed by atoms with van der Waals surface area (Å²) in [6.07, 6.45) is 7.24. The van der Waals surface area contributed by atoms with Crippen LogP contribution in [0.3, 0.4) is 0 Å². The topological polar surface area (TPSA) is 29.5 Å². The standard InChI is InChI=1S/C22H27NO2/c1-22(2,3)25-21(24)23-15-7-6-10-20(23)14-12-17-11-13-18-8-4-5-9-19(18)16-17/h4-5,8-9,11-14,16,20H,6-7,10,15H2,1-3H3. The quantitative estimate of drug-likeness (QED) is 0.709. The molecular weight excluding hydrogens is 310 g/mol. The van der Waals surface area contributed by atoms with Crippen LogP contribution in [-0.4, -0.2) is 29.2 Å². The fourth-order valence-electron chi connectivity index (χ4n) is 3.24. The van der Waals surface area contributed by atoms with E-state index < -0.39 is 5.60 Å². The molecule has 132 valence electrons. The van der Waals surface area contributed by atoms with Crippen molar-refractivity contribution in [1.82, 2.24) is 4.90 Å². The van der Waals surface area contributed by atoms with Crippen LogP contribution in [0.5, 0.6) is 0 Å². The summed E-state index contributed by atoms with van der Waals surface area (Å²) in [6, 6.07) is 14.9. The van der Waals surface area contributed by atoms with E-state index in [1.165, 1.54) is 10.8 Å². The molecule has 1 amide bonds. The zero-order chi connectivity index (χ0) is 17.9. The Morgan fingerprint density at radius 2 is 1.88 bits per heavy atom. The maximum atomic E-state index is 12.5. The first-order chi connectivity index (χ1) is 11.9. The lowest BCUT2D eigenvalue weighted by atomic mass is 10.0. The van der Waals surface area contributed by atoms with Gasteiger partial charge in [-0.05, 0) is 62.4 Å². The molecule has 0 spiro atoms. The second-order valence-electron chi connectivity index (χ2n) is 7.70. The Morgan fingerprint density at radius 1 is 1.12 bits per heavy atom. The molecule has 0 radical (unpaired) electrons. The van der Waals surface area contributed by atoms with Gasteiger partial charge in [-0.2, -0.15) is 0 Å². The van der Waals surface area contributed by atoms with Crippen molar-refractivity contribution in [1.29, 1.82) is 0 Å². The number of likely N-dealkylation sites (tertiary alicyclic amines) is 1. The predicted octanol–water partition coefficient (Wildman–Crippen LogP) is 5.64. The van der Waals surface area contributed by atoms with E-state index in [4.69, 9.17) is 4.74 Å². The van der Waals surface area contributed by atoms with Crippen molar-refractivity contribution in [3.05, 3.63) is 54.1 Å². The van der Waals surface area contributed by atoms with Gasteiger partial charge in [-0.15, -0.1) is 0 Å². The van der Waals surface area contributed by atoms with E-state index in [0.29, 0.717) is 0 Å². The lowest BCUT2D eigenvalue weighted by molar-refractivity contribution is 0.0150. The Labute approximate surface area is 150 Å². The zero-order valence-electron chi connectivity index (χ0n) is 15.4. The van der Waals surface area contributed by atoms with E-state index in [0.717, 1.165) is 31.4 Å². The Bertz CT molecular complexity index is 773. The summed E-state index contributed by atoms with van der Waals surface area (Å²) in [4.78, 5) is 14.3. The molecule has 0 N–H and O–H groups in total. The third kappa shape index (κ3) is 4.62. The van der Waals surface area contributed by atoms with Crippen molar-refractivity contribution in [2.24, 2.45) is 0 Å². The number of hydrogen-bond acceptors (Lipinski definition) is 2. The molecule has 2 aromatic carbocycles. The molecule has 25 heavy (non-hydrogen) atoms. The van der Waals surface area contributed by atoms with Gasteiger partial charge in [0.1, 0.15) is 5.60 Å². The van der Waals surface area contributed by atoms with E-state index >= 15 is 0 Å². The number of hydrogen-bond donors (Lipinski definition) is 0. The van der Waals surface area contributed by atoms with E-state index in [1.807, 2.05) is 25.7 Å². The molecule has 0 aliphatic carbocycles. The fraction of sp³-hybridized carbons (Fsp3) is 0.409. The molecule has 1 fully saturated rings. The van der Waals surface area contributed by atoms with E-state index in [-0.39, 0.29) is 12.1 Å².